The van der Waals surface area contributed by atoms with Gasteiger partial charge in [0.05, 0.1) is 18.6 Å². The van der Waals surface area contributed by atoms with Crippen molar-refractivity contribution in [1.82, 2.24) is 10.2 Å². The standard InChI is InChI=1S/C24H27N3O4S/c1-31-19-7-5-6-17(12-19)14-25-22(28)15-27-20-13-18(8-9-21(20)32-16-23(27)29)24(30)26-10-3-2-4-11-26/h5-9,12-13H,2-4,10-11,14-16H2,1H3,(H,25,28). The van der Waals surface area contributed by atoms with Gasteiger partial charge in [0, 0.05) is 30.1 Å². The molecule has 168 valence electrons. The first-order valence-electron chi connectivity index (χ1n) is 10.8. The molecule has 0 atom stereocenters. The van der Waals surface area contributed by atoms with Crippen LogP contribution in [0.5, 0.6) is 5.75 Å². The van der Waals surface area contributed by atoms with Crippen molar-refractivity contribution in [3.8, 4) is 5.75 Å². The van der Waals surface area contributed by atoms with Gasteiger partial charge in [0.1, 0.15) is 12.3 Å². The number of rotatable bonds is 6. The number of carbonyl (C=O) groups excluding carboxylic acids is 3. The van der Waals surface area contributed by atoms with E-state index in [0.717, 1.165) is 48.6 Å². The Balaban J connectivity index is 1.46. The summed E-state index contributed by atoms with van der Waals surface area (Å²) in [5, 5.41) is 2.87. The fourth-order valence-electron chi connectivity index (χ4n) is 3.97. The second-order valence-corrected chi connectivity index (χ2v) is 8.95. The average molecular weight is 454 g/mol. The van der Waals surface area contributed by atoms with Crippen molar-refractivity contribution in [2.75, 3.05) is 37.4 Å². The summed E-state index contributed by atoms with van der Waals surface area (Å²) >= 11 is 1.44. The summed E-state index contributed by atoms with van der Waals surface area (Å²) in [4.78, 5) is 42.5. The van der Waals surface area contributed by atoms with E-state index in [1.165, 1.54) is 16.7 Å². The van der Waals surface area contributed by atoms with Crippen LogP contribution in [-0.2, 0) is 16.1 Å². The van der Waals surface area contributed by atoms with Crippen LogP contribution in [0.25, 0.3) is 0 Å². The molecule has 1 fully saturated rings. The molecule has 32 heavy (non-hydrogen) atoms. The van der Waals surface area contributed by atoms with E-state index in [0.29, 0.717) is 17.8 Å². The molecule has 0 bridgehead atoms. The van der Waals surface area contributed by atoms with Crippen molar-refractivity contribution in [3.63, 3.8) is 0 Å². The van der Waals surface area contributed by atoms with Gasteiger partial charge in [-0.05, 0) is 55.2 Å². The molecule has 0 saturated carbocycles. The van der Waals surface area contributed by atoms with Crippen molar-refractivity contribution in [1.29, 1.82) is 0 Å². The summed E-state index contributed by atoms with van der Waals surface area (Å²) in [7, 11) is 1.60. The Bertz CT molecular complexity index is 1020. The zero-order chi connectivity index (χ0) is 22.5. The fraction of sp³-hybridized carbons (Fsp3) is 0.375. The summed E-state index contributed by atoms with van der Waals surface area (Å²) in [5.41, 5.74) is 2.10. The number of nitrogens with one attached hydrogen (secondary N) is 1. The van der Waals surface area contributed by atoms with Gasteiger partial charge in [-0.25, -0.2) is 0 Å². The van der Waals surface area contributed by atoms with Crippen LogP contribution >= 0.6 is 11.8 Å². The Labute approximate surface area is 192 Å². The molecule has 0 aliphatic carbocycles. The molecule has 0 aromatic heterocycles. The van der Waals surface area contributed by atoms with E-state index in [2.05, 4.69) is 5.32 Å². The maximum absolute atomic E-state index is 12.9. The van der Waals surface area contributed by atoms with E-state index in [1.807, 2.05) is 41.3 Å². The van der Waals surface area contributed by atoms with Gasteiger partial charge in [0.25, 0.3) is 5.91 Å². The number of benzene rings is 2. The van der Waals surface area contributed by atoms with Gasteiger partial charge in [0.15, 0.2) is 0 Å². The zero-order valence-corrected chi connectivity index (χ0v) is 19.0. The molecule has 1 saturated heterocycles. The lowest BCUT2D eigenvalue weighted by atomic mass is 10.1. The van der Waals surface area contributed by atoms with Crippen LogP contribution < -0.4 is 15.0 Å². The minimum atomic E-state index is -0.258. The topological polar surface area (TPSA) is 79.0 Å². The molecule has 3 amide bonds. The van der Waals surface area contributed by atoms with Gasteiger partial charge < -0.3 is 19.9 Å². The highest BCUT2D eigenvalue weighted by Gasteiger charge is 2.28. The Morgan fingerprint density at radius 1 is 1.09 bits per heavy atom. The fourth-order valence-corrected chi connectivity index (χ4v) is 4.89. The second-order valence-electron chi connectivity index (χ2n) is 7.93. The van der Waals surface area contributed by atoms with Crippen LogP contribution in [0.4, 0.5) is 5.69 Å². The lowest BCUT2D eigenvalue weighted by Gasteiger charge is -2.30. The molecule has 2 aliphatic heterocycles. The first-order chi connectivity index (χ1) is 15.5. The van der Waals surface area contributed by atoms with Gasteiger partial charge in [-0.1, -0.05) is 12.1 Å². The van der Waals surface area contributed by atoms with Crippen LogP contribution in [-0.4, -0.2) is 55.1 Å². The van der Waals surface area contributed by atoms with Gasteiger partial charge in [-0.15, -0.1) is 11.8 Å². The molecule has 8 heteroatoms. The molecule has 0 spiro atoms. The highest BCUT2D eigenvalue weighted by molar-refractivity contribution is 8.00. The molecule has 2 aromatic rings. The minimum absolute atomic E-state index is 0.0158. The molecule has 2 aromatic carbocycles. The van der Waals surface area contributed by atoms with Gasteiger partial charge in [-0.2, -0.15) is 0 Å². The Hall–Kier alpha value is -3.00. The molecule has 1 N–H and O–H groups in total. The SMILES string of the molecule is COc1cccc(CNC(=O)CN2C(=O)CSc3ccc(C(=O)N4CCCCC4)cc32)c1. The third-order valence-electron chi connectivity index (χ3n) is 5.72. The lowest BCUT2D eigenvalue weighted by Crippen LogP contribution is -2.43. The number of carbonyl (C=O) groups is 3. The number of nitrogens with zero attached hydrogens (tertiary/aromatic N) is 2. The largest absolute Gasteiger partial charge is 0.497 e. The number of piperidine rings is 1. The van der Waals surface area contributed by atoms with Crippen molar-refractivity contribution in [3.05, 3.63) is 53.6 Å². The van der Waals surface area contributed by atoms with Crippen molar-refractivity contribution in [2.45, 2.75) is 30.7 Å². The molecule has 4 rings (SSSR count). The van der Waals surface area contributed by atoms with E-state index in [9.17, 15) is 14.4 Å². The van der Waals surface area contributed by atoms with Crippen LogP contribution in [0.15, 0.2) is 47.4 Å². The number of fused-ring (bicyclic) bond motifs is 1. The predicted molar refractivity (Wildman–Crippen MR) is 124 cm³/mol. The molecule has 0 radical (unpaired) electrons. The molecule has 2 aliphatic rings. The van der Waals surface area contributed by atoms with Crippen molar-refractivity contribution < 1.29 is 19.1 Å². The van der Waals surface area contributed by atoms with Crippen LogP contribution in [0, 0.1) is 0 Å². The number of hydrogen-bond acceptors (Lipinski definition) is 5. The van der Waals surface area contributed by atoms with E-state index in [-0.39, 0.29) is 30.0 Å². The number of thioether (sulfide) groups is 1. The van der Waals surface area contributed by atoms with Crippen molar-refractivity contribution >= 4 is 35.2 Å². The quantitative estimate of drug-likeness (QED) is 0.727. The Morgan fingerprint density at radius 2 is 1.91 bits per heavy atom. The van der Waals surface area contributed by atoms with Crippen LogP contribution in [0.1, 0.15) is 35.2 Å². The van der Waals surface area contributed by atoms with Gasteiger partial charge in [-0.3, -0.25) is 14.4 Å². The average Bonchev–Trinajstić information content (AvgIpc) is 2.84. The Kier molecular flexibility index (Phi) is 6.99. The number of likely N-dealkylation sites (tertiary alicyclic amines) is 1. The first kappa shape index (κ1) is 22.2. The van der Waals surface area contributed by atoms with Gasteiger partial charge >= 0.3 is 0 Å². The first-order valence-corrected chi connectivity index (χ1v) is 11.8. The third kappa shape index (κ3) is 5.07. The van der Waals surface area contributed by atoms with Crippen LogP contribution in [0.2, 0.25) is 0 Å². The van der Waals surface area contributed by atoms with E-state index < -0.39 is 0 Å². The zero-order valence-electron chi connectivity index (χ0n) is 18.1. The number of anilines is 1. The summed E-state index contributed by atoms with van der Waals surface area (Å²) < 4.78 is 5.21. The predicted octanol–water partition coefficient (Wildman–Crippen LogP) is 3.08. The number of hydrogen-bond donors (Lipinski definition) is 1. The molecular formula is C24H27N3O4S. The van der Waals surface area contributed by atoms with E-state index in [4.69, 9.17) is 4.74 Å². The number of amides is 3. The molecular weight excluding hydrogens is 426 g/mol. The molecule has 7 nitrogen and oxygen atoms in total. The Morgan fingerprint density at radius 3 is 2.69 bits per heavy atom. The summed E-state index contributed by atoms with van der Waals surface area (Å²) in [6.07, 6.45) is 3.19. The smallest absolute Gasteiger partial charge is 0.253 e. The monoisotopic (exact) mass is 453 g/mol. The maximum Gasteiger partial charge on any atom is 0.253 e. The third-order valence-corrected chi connectivity index (χ3v) is 6.77. The number of ether oxygens (including phenoxy) is 1. The maximum atomic E-state index is 12.9. The van der Waals surface area contributed by atoms with E-state index in [1.54, 1.807) is 13.2 Å². The highest BCUT2D eigenvalue weighted by Crippen LogP contribution is 2.36. The van der Waals surface area contributed by atoms with Crippen molar-refractivity contribution in [2.24, 2.45) is 0 Å². The molecule has 0 unspecified atom stereocenters. The summed E-state index contributed by atoms with van der Waals surface area (Å²) in [6.45, 7) is 1.78. The lowest BCUT2D eigenvalue weighted by molar-refractivity contribution is -0.123. The normalized spacial score (nSPS) is 15.8. The summed E-state index contributed by atoms with van der Waals surface area (Å²) in [6, 6.07) is 12.9. The summed E-state index contributed by atoms with van der Waals surface area (Å²) in [5.74, 6) is 0.585. The highest BCUT2D eigenvalue weighted by atomic mass is 32.2. The number of methoxy groups -OCH3 is 1. The second kappa shape index (κ2) is 10.1. The van der Waals surface area contributed by atoms with Crippen LogP contribution in [0.3, 0.4) is 0 Å². The van der Waals surface area contributed by atoms with Gasteiger partial charge in [0.2, 0.25) is 11.8 Å². The molecule has 2 heterocycles. The van der Waals surface area contributed by atoms with E-state index >= 15 is 0 Å². The minimum Gasteiger partial charge on any atom is -0.497 e.